The minimum absolute atomic E-state index is 0.386. The zero-order chi connectivity index (χ0) is 11.3. The Morgan fingerprint density at radius 1 is 1.60 bits per heavy atom. The fourth-order valence-electron chi connectivity index (χ4n) is 1.13. The average molecular weight is 204 g/mol. The van der Waals surface area contributed by atoms with E-state index >= 15 is 0 Å². The number of carboxylic acids is 1. The molecular weight excluding hydrogens is 192 g/mol. The van der Waals surface area contributed by atoms with E-state index in [9.17, 15) is 4.79 Å². The lowest BCUT2D eigenvalue weighted by molar-refractivity contribution is -0.139. The third kappa shape index (κ3) is 3.08. The van der Waals surface area contributed by atoms with Crippen LogP contribution >= 0.6 is 0 Å². The quantitative estimate of drug-likeness (QED) is 0.770. The zero-order valence-corrected chi connectivity index (χ0v) is 8.40. The summed E-state index contributed by atoms with van der Waals surface area (Å²) in [4.78, 5) is 10.5. The summed E-state index contributed by atoms with van der Waals surface area (Å²) in [6, 6.07) is 8.57. The lowest BCUT2D eigenvalue weighted by atomic mass is 10.1. The molecule has 0 heterocycles. The normalized spacial score (nSPS) is 11.7. The fourth-order valence-corrected chi connectivity index (χ4v) is 1.13. The van der Waals surface area contributed by atoms with Gasteiger partial charge in [-0.05, 0) is 18.6 Å². The maximum Gasteiger partial charge on any atom is 0.320 e. The van der Waals surface area contributed by atoms with Crippen LogP contribution in [0.2, 0.25) is 0 Å². The summed E-state index contributed by atoms with van der Waals surface area (Å²) in [7, 11) is 0. The summed E-state index contributed by atoms with van der Waals surface area (Å²) in [6.07, 6.45) is 0. The predicted molar refractivity (Wildman–Crippen MR) is 55.1 cm³/mol. The highest BCUT2D eigenvalue weighted by atomic mass is 16.4. The Morgan fingerprint density at radius 2 is 2.27 bits per heavy atom. The number of hydrogen-bond donors (Lipinski definition) is 2. The van der Waals surface area contributed by atoms with Crippen molar-refractivity contribution in [3.63, 3.8) is 0 Å². The molecule has 2 N–H and O–H groups in total. The molecule has 0 aliphatic heterocycles. The number of carbonyl (C=O) groups is 1. The topological polar surface area (TPSA) is 73.1 Å². The van der Waals surface area contributed by atoms with Gasteiger partial charge in [0, 0.05) is 6.54 Å². The summed E-state index contributed by atoms with van der Waals surface area (Å²) >= 11 is 0. The van der Waals surface area contributed by atoms with Crippen LogP contribution in [0.25, 0.3) is 0 Å². The average Bonchev–Trinajstić information content (AvgIpc) is 2.26. The number of nitrogens with zero attached hydrogens (tertiary/aromatic N) is 1. The number of hydrogen-bond acceptors (Lipinski definition) is 3. The minimum atomic E-state index is -0.899. The third-order valence-electron chi connectivity index (χ3n) is 2.11. The van der Waals surface area contributed by atoms with Gasteiger partial charge in [-0.3, -0.25) is 4.79 Å². The first-order chi connectivity index (χ1) is 7.15. The molecule has 0 bridgehead atoms. The van der Waals surface area contributed by atoms with Crippen LogP contribution < -0.4 is 5.32 Å². The van der Waals surface area contributed by atoms with Crippen molar-refractivity contribution in [2.24, 2.45) is 0 Å². The van der Waals surface area contributed by atoms with Crippen molar-refractivity contribution >= 4 is 5.97 Å². The van der Waals surface area contributed by atoms with Crippen LogP contribution in [-0.2, 0) is 11.3 Å². The molecule has 1 rings (SSSR count). The Hall–Kier alpha value is -1.86. The maximum absolute atomic E-state index is 10.5. The van der Waals surface area contributed by atoms with Gasteiger partial charge in [0.2, 0.25) is 0 Å². The molecule has 0 aliphatic rings. The lowest BCUT2D eigenvalue weighted by Crippen LogP contribution is -2.33. The molecule has 1 aromatic carbocycles. The van der Waals surface area contributed by atoms with Gasteiger partial charge < -0.3 is 10.4 Å². The van der Waals surface area contributed by atoms with Gasteiger partial charge in [0.25, 0.3) is 0 Å². The zero-order valence-electron chi connectivity index (χ0n) is 8.40. The molecule has 4 heteroatoms. The van der Waals surface area contributed by atoms with Crippen LogP contribution in [0.1, 0.15) is 18.1 Å². The largest absolute Gasteiger partial charge is 0.480 e. The van der Waals surface area contributed by atoms with Gasteiger partial charge >= 0.3 is 5.97 Å². The van der Waals surface area contributed by atoms with Crippen LogP contribution in [0.4, 0.5) is 0 Å². The molecule has 0 aromatic heterocycles. The molecule has 1 atom stereocenters. The van der Waals surface area contributed by atoms with Gasteiger partial charge in [0.05, 0.1) is 11.6 Å². The van der Waals surface area contributed by atoms with Crippen LogP contribution in [0.3, 0.4) is 0 Å². The number of carboxylic acid groups (broad SMARTS) is 1. The molecule has 0 saturated carbocycles. The van der Waals surface area contributed by atoms with Crippen molar-refractivity contribution < 1.29 is 9.90 Å². The van der Waals surface area contributed by atoms with Crippen LogP contribution in [0, 0.1) is 11.3 Å². The molecule has 0 aliphatic carbocycles. The highest BCUT2D eigenvalue weighted by Crippen LogP contribution is 2.06. The van der Waals surface area contributed by atoms with E-state index in [-0.39, 0.29) is 0 Å². The Labute approximate surface area is 88.2 Å². The standard InChI is InChI=1S/C11H12N2O2/c1-8(11(14)15)13-7-10-5-3-2-4-9(10)6-12/h2-5,8,13H,7H2,1H3,(H,14,15). The molecule has 4 nitrogen and oxygen atoms in total. The van der Waals surface area contributed by atoms with E-state index in [1.54, 1.807) is 25.1 Å². The number of rotatable bonds is 4. The van der Waals surface area contributed by atoms with Crippen LogP contribution in [0.5, 0.6) is 0 Å². The van der Waals surface area contributed by atoms with E-state index in [1.165, 1.54) is 0 Å². The second-order valence-corrected chi connectivity index (χ2v) is 3.21. The van der Waals surface area contributed by atoms with Crippen molar-refractivity contribution in [2.75, 3.05) is 0 Å². The molecule has 0 fully saturated rings. The van der Waals surface area contributed by atoms with Crippen molar-refractivity contribution in [1.82, 2.24) is 5.32 Å². The summed E-state index contributed by atoms with van der Waals surface area (Å²) < 4.78 is 0. The molecule has 78 valence electrons. The van der Waals surface area contributed by atoms with E-state index in [1.807, 2.05) is 6.07 Å². The van der Waals surface area contributed by atoms with Gasteiger partial charge in [-0.2, -0.15) is 5.26 Å². The van der Waals surface area contributed by atoms with Crippen molar-refractivity contribution in [1.29, 1.82) is 5.26 Å². The molecule has 15 heavy (non-hydrogen) atoms. The maximum atomic E-state index is 10.5. The van der Waals surface area contributed by atoms with Gasteiger partial charge in [0.1, 0.15) is 6.04 Å². The first kappa shape index (κ1) is 11.2. The fraction of sp³-hybridized carbons (Fsp3) is 0.273. The molecule has 1 unspecified atom stereocenters. The minimum Gasteiger partial charge on any atom is -0.480 e. The number of aliphatic carboxylic acids is 1. The van der Waals surface area contributed by atoms with Gasteiger partial charge in [0.15, 0.2) is 0 Å². The highest BCUT2D eigenvalue weighted by Gasteiger charge is 2.10. The monoisotopic (exact) mass is 204 g/mol. The van der Waals surface area contributed by atoms with Crippen molar-refractivity contribution in [3.05, 3.63) is 35.4 Å². The molecular formula is C11H12N2O2. The second kappa shape index (κ2) is 5.13. The predicted octanol–water partition coefficient (Wildman–Crippen LogP) is 1.12. The Kier molecular flexibility index (Phi) is 3.83. The molecule has 0 saturated heterocycles. The highest BCUT2D eigenvalue weighted by molar-refractivity contribution is 5.72. The third-order valence-corrected chi connectivity index (χ3v) is 2.11. The first-order valence-corrected chi connectivity index (χ1v) is 4.59. The van der Waals surface area contributed by atoms with Gasteiger partial charge in [-0.1, -0.05) is 18.2 Å². The van der Waals surface area contributed by atoms with Crippen molar-refractivity contribution in [3.8, 4) is 6.07 Å². The lowest BCUT2D eigenvalue weighted by Gasteiger charge is -2.09. The number of nitriles is 1. The Bertz CT molecular complexity index is 396. The smallest absolute Gasteiger partial charge is 0.320 e. The van der Waals surface area contributed by atoms with E-state index in [0.29, 0.717) is 12.1 Å². The number of benzene rings is 1. The van der Waals surface area contributed by atoms with Crippen molar-refractivity contribution in [2.45, 2.75) is 19.5 Å². The van der Waals surface area contributed by atoms with Gasteiger partial charge in [-0.25, -0.2) is 0 Å². The SMILES string of the molecule is CC(NCc1ccccc1C#N)C(=O)O. The van der Waals surface area contributed by atoms with E-state index in [2.05, 4.69) is 11.4 Å². The summed E-state index contributed by atoms with van der Waals surface area (Å²) in [5.74, 6) is -0.899. The Balaban J connectivity index is 2.66. The first-order valence-electron chi connectivity index (χ1n) is 4.59. The van der Waals surface area contributed by atoms with Crippen LogP contribution in [0.15, 0.2) is 24.3 Å². The summed E-state index contributed by atoms with van der Waals surface area (Å²) in [6.45, 7) is 1.95. The summed E-state index contributed by atoms with van der Waals surface area (Å²) in [5, 5.41) is 20.3. The molecule has 0 spiro atoms. The molecule has 1 aromatic rings. The Morgan fingerprint density at radius 3 is 2.87 bits per heavy atom. The summed E-state index contributed by atoms with van der Waals surface area (Å²) in [5.41, 5.74) is 1.38. The van der Waals surface area contributed by atoms with E-state index in [0.717, 1.165) is 5.56 Å². The second-order valence-electron chi connectivity index (χ2n) is 3.21. The van der Waals surface area contributed by atoms with E-state index < -0.39 is 12.0 Å². The molecule has 0 radical (unpaired) electrons. The van der Waals surface area contributed by atoms with Crippen LogP contribution in [-0.4, -0.2) is 17.1 Å². The number of nitrogens with one attached hydrogen (secondary N) is 1. The van der Waals surface area contributed by atoms with Gasteiger partial charge in [-0.15, -0.1) is 0 Å². The molecule has 0 amide bonds. The van der Waals surface area contributed by atoms with E-state index in [4.69, 9.17) is 10.4 Å².